The van der Waals surface area contributed by atoms with Gasteiger partial charge in [0.25, 0.3) is 0 Å². The van der Waals surface area contributed by atoms with Crippen LogP contribution in [-0.4, -0.2) is 30.0 Å². The van der Waals surface area contributed by atoms with Crippen molar-refractivity contribution >= 4 is 0 Å². The molecule has 0 amide bonds. The molecule has 0 bridgehead atoms. The molecule has 3 atom stereocenters. The molecule has 0 radical (unpaired) electrons. The Morgan fingerprint density at radius 3 is 2.71 bits per heavy atom. The van der Waals surface area contributed by atoms with Crippen LogP contribution < -0.4 is 5.73 Å². The number of rotatable bonds is 7. The molecular weight excluding hydrogens is 214 g/mol. The molecule has 0 aromatic heterocycles. The van der Waals surface area contributed by atoms with Gasteiger partial charge in [-0.1, -0.05) is 26.2 Å². The van der Waals surface area contributed by atoms with Gasteiger partial charge in [-0.2, -0.15) is 0 Å². The van der Waals surface area contributed by atoms with E-state index in [1.807, 2.05) is 0 Å². The van der Waals surface area contributed by atoms with Gasteiger partial charge in [0.15, 0.2) is 0 Å². The van der Waals surface area contributed by atoms with E-state index < -0.39 is 5.60 Å². The highest BCUT2D eigenvalue weighted by atomic mass is 16.5. The summed E-state index contributed by atoms with van der Waals surface area (Å²) in [6.07, 6.45) is 8.52. The lowest BCUT2D eigenvalue weighted by Gasteiger charge is -2.31. The van der Waals surface area contributed by atoms with Crippen molar-refractivity contribution in [3.8, 4) is 0 Å². The fraction of sp³-hybridized carbons (Fsp3) is 1.00. The minimum atomic E-state index is -0.722. The predicted octanol–water partition coefficient (Wildman–Crippen LogP) is 2.46. The molecule has 1 rings (SSSR count). The van der Waals surface area contributed by atoms with E-state index >= 15 is 0 Å². The largest absolute Gasteiger partial charge is 0.389 e. The minimum absolute atomic E-state index is 0.327. The van der Waals surface area contributed by atoms with Crippen LogP contribution in [0.15, 0.2) is 0 Å². The standard InChI is InChI=1S/C14H29NO2/c1-3-12-7-4-5-8-13(12)17-10-6-9-14(2,16)11-15/h12-13,16H,3-11,15H2,1-2H3. The van der Waals surface area contributed by atoms with Gasteiger partial charge in [-0.05, 0) is 38.5 Å². The van der Waals surface area contributed by atoms with Crippen LogP contribution in [0.2, 0.25) is 0 Å². The Morgan fingerprint density at radius 1 is 1.35 bits per heavy atom. The molecule has 17 heavy (non-hydrogen) atoms. The van der Waals surface area contributed by atoms with Crippen LogP contribution in [0.5, 0.6) is 0 Å². The van der Waals surface area contributed by atoms with Gasteiger partial charge >= 0.3 is 0 Å². The lowest BCUT2D eigenvalue weighted by Crippen LogP contribution is -2.34. The Bertz CT molecular complexity index is 206. The smallest absolute Gasteiger partial charge is 0.0742 e. The second kappa shape index (κ2) is 7.34. The van der Waals surface area contributed by atoms with Gasteiger partial charge in [0.05, 0.1) is 11.7 Å². The fourth-order valence-corrected chi connectivity index (χ4v) is 2.65. The monoisotopic (exact) mass is 243 g/mol. The summed E-state index contributed by atoms with van der Waals surface area (Å²) < 4.78 is 5.97. The van der Waals surface area contributed by atoms with Crippen LogP contribution in [0.25, 0.3) is 0 Å². The van der Waals surface area contributed by atoms with E-state index in [0.29, 0.717) is 12.6 Å². The van der Waals surface area contributed by atoms with Crippen molar-refractivity contribution in [1.29, 1.82) is 0 Å². The SMILES string of the molecule is CCC1CCCCC1OCCCC(C)(O)CN. The quantitative estimate of drug-likeness (QED) is 0.675. The molecule has 3 heteroatoms. The zero-order valence-electron chi connectivity index (χ0n) is 11.5. The Kier molecular flexibility index (Phi) is 6.45. The van der Waals surface area contributed by atoms with E-state index in [9.17, 15) is 5.11 Å². The molecule has 3 nitrogen and oxygen atoms in total. The van der Waals surface area contributed by atoms with E-state index in [0.717, 1.165) is 25.4 Å². The van der Waals surface area contributed by atoms with Gasteiger partial charge in [0, 0.05) is 13.2 Å². The average Bonchev–Trinajstić information content (AvgIpc) is 2.35. The molecule has 0 aromatic carbocycles. The predicted molar refractivity (Wildman–Crippen MR) is 70.9 cm³/mol. The summed E-state index contributed by atoms with van der Waals surface area (Å²) in [7, 11) is 0. The average molecular weight is 243 g/mol. The third kappa shape index (κ3) is 5.36. The van der Waals surface area contributed by atoms with Gasteiger partial charge < -0.3 is 15.6 Å². The van der Waals surface area contributed by atoms with Crippen LogP contribution in [-0.2, 0) is 4.74 Å². The zero-order valence-corrected chi connectivity index (χ0v) is 11.5. The maximum absolute atomic E-state index is 9.78. The third-order valence-electron chi connectivity index (χ3n) is 4.00. The molecule has 0 aliphatic heterocycles. The van der Waals surface area contributed by atoms with Crippen LogP contribution in [0.4, 0.5) is 0 Å². The Morgan fingerprint density at radius 2 is 2.06 bits per heavy atom. The topological polar surface area (TPSA) is 55.5 Å². The first-order valence-electron chi connectivity index (χ1n) is 7.13. The summed E-state index contributed by atoms with van der Waals surface area (Å²) in [5.41, 5.74) is 4.76. The molecule has 1 saturated carbocycles. The number of nitrogens with two attached hydrogens (primary N) is 1. The number of aliphatic hydroxyl groups is 1. The van der Waals surface area contributed by atoms with E-state index in [4.69, 9.17) is 10.5 Å². The van der Waals surface area contributed by atoms with Crippen LogP contribution in [0.1, 0.15) is 58.8 Å². The highest BCUT2D eigenvalue weighted by Crippen LogP contribution is 2.29. The van der Waals surface area contributed by atoms with Gasteiger partial charge in [-0.25, -0.2) is 0 Å². The zero-order chi connectivity index (χ0) is 12.7. The van der Waals surface area contributed by atoms with Crippen molar-refractivity contribution in [2.24, 2.45) is 11.7 Å². The summed E-state index contributed by atoms with van der Waals surface area (Å²) in [5.74, 6) is 0.749. The first-order valence-corrected chi connectivity index (χ1v) is 7.13. The van der Waals surface area contributed by atoms with Crippen molar-refractivity contribution in [3.05, 3.63) is 0 Å². The van der Waals surface area contributed by atoms with Crippen LogP contribution >= 0.6 is 0 Å². The molecule has 3 unspecified atom stereocenters. The van der Waals surface area contributed by atoms with Crippen LogP contribution in [0, 0.1) is 5.92 Å². The second-order valence-corrected chi connectivity index (χ2v) is 5.67. The number of hydrogen-bond acceptors (Lipinski definition) is 3. The lowest BCUT2D eigenvalue weighted by molar-refractivity contribution is -0.0227. The maximum Gasteiger partial charge on any atom is 0.0742 e. The minimum Gasteiger partial charge on any atom is -0.389 e. The van der Waals surface area contributed by atoms with Crippen molar-refractivity contribution < 1.29 is 9.84 Å². The van der Waals surface area contributed by atoms with Gasteiger partial charge in [-0.3, -0.25) is 0 Å². The van der Waals surface area contributed by atoms with Gasteiger partial charge in [0.2, 0.25) is 0 Å². The third-order valence-corrected chi connectivity index (χ3v) is 4.00. The Labute approximate surface area is 106 Å². The molecule has 0 saturated heterocycles. The van der Waals surface area contributed by atoms with Crippen molar-refractivity contribution in [2.45, 2.75) is 70.5 Å². The Hall–Kier alpha value is -0.120. The van der Waals surface area contributed by atoms with Crippen molar-refractivity contribution in [2.75, 3.05) is 13.2 Å². The molecule has 1 aliphatic rings. The summed E-state index contributed by atoms with van der Waals surface area (Å²) in [6.45, 7) is 5.14. The summed E-state index contributed by atoms with van der Waals surface area (Å²) in [6, 6.07) is 0. The van der Waals surface area contributed by atoms with E-state index in [1.165, 1.54) is 32.1 Å². The van der Waals surface area contributed by atoms with E-state index in [2.05, 4.69) is 6.92 Å². The molecule has 0 spiro atoms. The first-order chi connectivity index (χ1) is 8.09. The number of hydrogen-bond donors (Lipinski definition) is 2. The Balaban J connectivity index is 2.16. The molecule has 102 valence electrons. The molecule has 0 heterocycles. The van der Waals surface area contributed by atoms with Gasteiger partial charge in [0.1, 0.15) is 0 Å². The molecule has 1 fully saturated rings. The molecule has 1 aliphatic carbocycles. The normalized spacial score (nSPS) is 28.9. The number of ether oxygens (including phenoxy) is 1. The summed E-state index contributed by atoms with van der Waals surface area (Å²) in [4.78, 5) is 0. The summed E-state index contributed by atoms with van der Waals surface area (Å²) in [5, 5.41) is 9.78. The fourth-order valence-electron chi connectivity index (χ4n) is 2.65. The molecule has 0 aromatic rings. The molecule has 3 N–H and O–H groups in total. The summed E-state index contributed by atoms with van der Waals surface area (Å²) >= 11 is 0. The highest BCUT2D eigenvalue weighted by Gasteiger charge is 2.24. The first kappa shape index (κ1) is 14.9. The lowest BCUT2D eigenvalue weighted by atomic mass is 9.85. The van der Waals surface area contributed by atoms with Crippen molar-refractivity contribution in [1.82, 2.24) is 0 Å². The van der Waals surface area contributed by atoms with E-state index in [-0.39, 0.29) is 0 Å². The van der Waals surface area contributed by atoms with Crippen molar-refractivity contribution in [3.63, 3.8) is 0 Å². The van der Waals surface area contributed by atoms with E-state index in [1.54, 1.807) is 6.92 Å². The molecular formula is C14H29NO2. The van der Waals surface area contributed by atoms with Crippen LogP contribution in [0.3, 0.4) is 0 Å². The maximum atomic E-state index is 9.78. The highest BCUT2D eigenvalue weighted by molar-refractivity contribution is 4.76. The second-order valence-electron chi connectivity index (χ2n) is 5.67. The van der Waals surface area contributed by atoms with Gasteiger partial charge in [-0.15, -0.1) is 0 Å².